The van der Waals surface area contributed by atoms with Crippen LogP contribution >= 0.6 is 11.3 Å². The monoisotopic (exact) mass is 376 g/mol. The SMILES string of the molecule is Fc1nc(N2CCCC2)ccc1-c1nc2nc(-c3ccccc3)ccc2s1. The van der Waals surface area contributed by atoms with Gasteiger partial charge in [0.1, 0.15) is 10.8 Å². The predicted octanol–water partition coefficient (Wildman–Crippen LogP) is 5.16. The lowest BCUT2D eigenvalue weighted by atomic mass is 10.1. The second-order valence-corrected chi connectivity index (χ2v) is 7.64. The molecule has 1 saturated heterocycles. The largest absolute Gasteiger partial charge is 0.357 e. The molecule has 1 aliphatic rings. The number of nitrogens with zero attached hydrogens (tertiary/aromatic N) is 4. The molecule has 4 heterocycles. The fraction of sp³-hybridized carbons (Fsp3) is 0.190. The van der Waals surface area contributed by atoms with Crippen LogP contribution in [-0.2, 0) is 0 Å². The van der Waals surface area contributed by atoms with Crippen molar-refractivity contribution in [1.82, 2.24) is 15.0 Å². The van der Waals surface area contributed by atoms with Crippen LogP contribution in [0.15, 0.2) is 54.6 Å². The van der Waals surface area contributed by atoms with E-state index in [9.17, 15) is 4.39 Å². The lowest BCUT2D eigenvalue weighted by Crippen LogP contribution is -2.19. The summed E-state index contributed by atoms with van der Waals surface area (Å²) < 4.78 is 15.6. The van der Waals surface area contributed by atoms with Crippen molar-refractivity contribution in [3.8, 4) is 21.8 Å². The first-order valence-corrected chi connectivity index (χ1v) is 9.84. The number of benzene rings is 1. The van der Waals surface area contributed by atoms with E-state index in [1.807, 2.05) is 48.5 Å². The van der Waals surface area contributed by atoms with E-state index in [4.69, 9.17) is 0 Å². The van der Waals surface area contributed by atoms with E-state index in [-0.39, 0.29) is 0 Å². The first kappa shape index (κ1) is 16.3. The maximum absolute atomic E-state index is 14.7. The second kappa shape index (κ2) is 6.70. The summed E-state index contributed by atoms with van der Waals surface area (Å²) in [5.74, 6) is 0.237. The molecular weight excluding hydrogens is 359 g/mol. The number of fused-ring (bicyclic) bond motifs is 1. The Hall–Kier alpha value is -2.86. The summed E-state index contributed by atoms with van der Waals surface area (Å²) in [7, 11) is 0. The molecule has 4 aromatic rings. The van der Waals surface area contributed by atoms with Crippen LogP contribution < -0.4 is 4.90 Å². The van der Waals surface area contributed by atoms with Crippen LogP contribution in [0.3, 0.4) is 0 Å². The quantitative estimate of drug-likeness (QED) is 0.463. The van der Waals surface area contributed by atoms with Crippen molar-refractivity contribution in [1.29, 1.82) is 0 Å². The van der Waals surface area contributed by atoms with Crippen molar-refractivity contribution in [2.24, 2.45) is 0 Å². The molecule has 0 amide bonds. The van der Waals surface area contributed by atoms with Crippen molar-refractivity contribution in [3.05, 3.63) is 60.5 Å². The van der Waals surface area contributed by atoms with E-state index in [0.29, 0.717) is 22.0 Å². The summed E-state index contributed by atoms with van der Waals surface area (Å²) >= 11 is 1.44. The van der Waals surface area contributed by atoms with E-state index < -0.39 is 5.95 Å². The van der Waals surface area contributed by atoms with Crippen LogP contribution in [0.5, 0.6) is 0 Å². The van der Waals surface area contributed by atoms with E-state index in [1.54, 1.807) is 6.07 Å². The van der Waals surface area contributed by atoms with E-state index in [2.05, 4.69) is 19.9 Å². The zero-order valence-corrected chi connectivity index (χ0v) is 15.4. The van der Waals surface area contributed by atoms with Gasteiger partial charge in [-0.3, -0.25) is 0 Å². The lowest BCUT2D eigenvalue weighted by Gasteiger charge is -2.16. The van der Waals surface area contributed by atoms with Crippen molar-refractivity contribution in [2.45, 2.75) is 12.8 Å². The standard InChI is InChI=1S/C21H17FN4S/c22-19-15(8-11-18(24-19)26-12-4-5-13-26)21-25-20-17(27-21)10-9-16(23-20)14-6-2-1-3-7-14/h1-3,6-11H,4-5,12-13H2. The summed E-state index contributed by atoms with van der Waals surface area (Å²) in [5.41, 5.74) is 2.97. The first-order chi connectivity index (χ1) is 13.3. The van der Waals surface area contributed by atoms with Gasteiger partial charge in [-0.1, -0.05) is 30.3 Å². The van der Waals surface area contributed by atoms with E-state index in [0.717, 1.165) is 41.9 Å². The van der Waals surface area contributed by atoms with Gasteiger partial charge >= 0.3 is 0 Å². The smallest absolute Gasteiger partial charge is 0.225 e. The van der Waals surface area contributed by atoms with Crippen LogP contribution in [0.1, 0.15) is 12.8 Å². The highest BCUT2D eigenvalue weighted by Gasteiger charge is 2.18. The van der Waals surface area contributed by atoms with Gasteiger partial charge in [0.15, 0.2) is 5.65 Å². The van der Waals surface area contributed by atoms with Gasteiger partial charge in [-0.15, -0.1) is 11.3 Å². The maximum atomic E-state index is 14.7. The Balaban J connectivity index is 1.51. The number of hydrogen-bond acceptors (Lipinski definition) is 5. The topological polar surface area (TPSA) is 41.9 Å². The Kier molecular flexibility index (Phi) is 4.05. The molecule has 1 aliphatic heterocycles. The number of halogens is 1. The highest BCUT2D eigenvalue weighted by Crippen LogP contribution is 2.33. The van der Waals surface area contributed by atoms with Crippen molar-refractivity contribution in [2.75, 3.05) is 18.0 Å². The minimum atomic E-state index is -0.471. The molecule has 0 spiro atoms. The molecule has 3 aromatic heterocycles. The zero-order valence-electron chi connectivity index (χ0n) is 14.6. The van der Waals surface area contributed by atoms with Gasteiger partial charge in [-0.2, -0.15) is 4.39 Å². The second-order valence-electron chi connectivity index (χ2n) is 6.61. The fourth-order valence-electron chi connectivity index (χ4n) is 3.41. The van der Waals surface area contributed by atoms with Gasteiger partial charge in [0, 0.05) is 18.7 Å². The Bertz CT molecular complexity index is 1100. The van der Waals surface area contributed by atoms with Crippen LogP contribution in [0, 0.1) is 5.95 Å². The third kappa shape index (κ3) is 3.06. The van der Waals surface area contributed by atoms with Gasteiger partial charge < -0.3 is 4.90 Å². The van der Waals surface area contributed by atoms with Gasteiger partial charge in [-0.25, -0.2) is 15.0 Å². The number of aromatic nitrogens is 3. The molecular formula is C21H17FN4S. The number of thiazole rings is 1. The third-order valence-electron chi connectivity index (χ3n) is 4.82. The predicted molar refractivity (Wildman–Crippen MR) is 107 cm³/mol. The fourth-order valence-corrected chi connectivity index (χ4v) is 4.33. The average Bonchev–Trinajstić information content (AvgIpc) is 3.38. The van der Waals surface area contributed by atoms with Gasteiger partial charge in [0.05, 0.1) is 16.0 Å². The Labute approximate surface area is 160 Å². The van der Waals surface area contributed by atoms with Crippen molar-refractivity contribution < 1.29 is 4.39 Å². The molecule has 0 aliphatic carbocycles. The van der Waals surface area contributed by atoms with E-state index in [1.165, 1.54) is 11.3 Å². The number of anilines is 1. The third-order valence-corrected chi connectivity index (χ3v) is 5.86. The first-order valence-electron chi connectivity index (χ1n) is 9.03. The minimum Gasteiger partial charge on any atom is -0.357 e. The van der Waals surface area contributed by atoms with Gasteiger partial charge in [0.2, 0.25) is 5.95 Å². The Morgan fingerprint density at radius 1 is 0.852 bits per heavy atom. The highest BCUT2D eigenvalue weighted by molar-refractivity contribution is 7.21. The van der Waals surface area contributed by atoms with Gasteiger partial charge in [-0.05, 0) is 37.1 Å². The number of pyridine rings is 2. The summed E-state index contributed by atoms with van der Waals surface area (Å²) in [6.45, 7) is 1.89. The molecule has 0 unspecified atom stereocenters. The molecule has 0 radical (unpaired) electrons. The summed E-state index contributed by atoms with van der Waals surface area (Å²) in [4.78, 5) is 15.5. The van der Waals surface area contributed by atoms with Crippen LogP contribution in [-0.4, -0.2) is 28.0 Å². The van der Waals surface area contributed by atoms with Gasteiger partial charge in [0.25, 0.3) is 0 Å². The average molecular weight is 376 g/mol. The Morgan fingerprint density at radius 3 is 2.44 bits per heavy atom. The summed E-state index contributed by atoms with van der Waals surface area (Å²) in [6.07, 6.45) is 2.27. The van der Waals surface area contributed by atoms with Crippen molar-refractivity contribution in [3.63, 3.8) is 0 Å². The lowest BCUT2D eigenvalue weighted by molar-refractivity contribution is 0.586. The molecule has 0 atom stereocenters. The van der Waals surface area contributed by atoms with E-state index >= 15 is 0 Å². The van der Waals surface area contributed by atoms with Crippen LogP contribution in [0.2, 0.25) is 0 Å². The molecule has 1 aromatic carbocycles. The summed E-state index contributed by atoms with van der Waals surface area (Å²) in [6, 6.07) is 17.6. The normalized spacial score (nSPS) is 14.2. The molecule has 0 bridgehead atoms. The number of rotatable bonds is 3. The molecule has 0 N–H and O–H groups in total. The molecule has 4 nitrogen and oxygen atoms in total. The molecule has 27 heavy (non-hydrogen) atoms. The maximum Gasteiger partial charge on any atom is 0.225 e. The minimum absolute atomic E-state index is 0.433. The molecule has 0 saturated carbocycles. The number of hydrogen-bond donors (Lipinski definition) is 0. The molecule has 134 valence electrons. The van der Waals surface area contributed by atoms with Crippen molar-refractivity contribution >= 4 is 27.5 Å². The molecule has 5 rings (SSSR count). The van der Waals surface area contributed by atoms with Crippen LogP contribution in [0.25, 0.3) is 32.2 Å². The highest BCUT2D eigenvalue weighted by atomic mass is 32.1. The molecule has 1 fully saturated rings. The van der Waals surface area contributed by atoms with Crippen LogP contribution in [0.4, 0.5) is 10.2 Å². The summed E-state index contributed by atoms with van der Waals surface area (Å²) in [5, 5.41) is 0.612. The molecule has 6 heteroatoms. The zero-order chi connectivity index (χ0) is 18.2. The Morgan fingerprint density at radius 2 is 1.67 bits per heavy atom.